The molecule has 0 radical (unpaired) electrons. The van der Waals surface area contributed by atoms with E-state index < -0.39 is 0 Å². The molecule has 2 aromatic carbocycles. The van der Waals surface area contributed by atoms with Crippen molar-refractivity contribution in [3.63, 3.8) is 0 Å². The first kappa shape index (κ1) is 18.2. The number of rotatable bonds is 7. The summed E-state index contributed by atoms with van der Waals surface area (Å²) in [6.45, 7) is 0.415. The highest BCUT2D eigenvalue weighted by Gasteiger charge is 2.10. The van der Waals surface area contributed by atoms with E-state index in [1.807, 2.05) is 0 Å². The number of hydrogen-bond donors (Lipinski definition) is 2. The summed E-state index contributed by atoms with van der Waals surface area (Å²) in [6.07, 6.45) is 0.253. The van der Waals surface area contributed by atoms with Crippen LogP contribution in [0, 0.1) is 0 Å². The lowest BCUT2D eigenvalue weighted by Gasteiger charge is -2.12. The van der Waals surface area contributed by atoms with Gasteiger partial charge in [-0.3, -0.25) is 4.79 Å². The molecule has 2 N–H and O–H groups in total. The topological polar surface area (TPSA) is 59.6 Å². The highest BCUT2D eigenvalue weighted by atomic mass is 35.5. The molecular weight excluding hydrogens is 351 g/mol. The fraction of sp³-hybridized carbons (Fsp3) is 0.235. The molecule has 0 saturated carbocycles. The predicted octanol–water partition coefficient (Wildman–Crippen LogP) is 4.45. The Kier molecular flexibility index (Phi) is 6.58. The van der Waals surface area contributed by atoms with E-state index in [1.165, 1.54) is 0 Å². The van der Waals surface area contributed by atoms with E-state index in [2.05, 4.69) is 10.6 Å². The summed E-state index contributed by atoms with van der Waals surface area (Å²) in [6, 6.07) is 10.5. The van der Waals surface area contributed by atoms with E-state index in [9.17, 15) is 4.79 Å². The van der Waals surface area contributed by atoms with Gasteiger partial charge in [-0.15, -0.1) is 0 Å². The Bertz CT molecular complexity index is 723. The van der Waals surface area contributed by atoms with Crippen LogP contribution in [-0.2, 0) is 4.79 Å². The Morgan fingerprint density at radius 1 is 1.08 bits per heavy atom. The molecule has 0 bridgehead atoms. The summed E-state index contributed by atoms with van der Waals surface area (Å²) >= 11 is 12.0. The summed E-state index contributed by atoms with van der Waals surface area (Å²) in [5.41, 5.74) is 1.25. The van der Waals surface area contributed by atoms with Crippen LogP contribution in [0.4, 0.5) is 11.4 Å². The van der Waals surface area contributed by atoms with Crippen molar-refractivity contribution in [1.29, 1.82) is 0 Å². The first-order chi connectivity index (χ1) is 11.5. The number of carbonyl (C=O) groups is 1. The zero-order chi connectivity index (χ0) is 17.5. The largest absolute Gasteiger partial charge is 0.497 e. The van der Waals surface area contributed by atoms with Crippen molar-refractivity contribution in [2.24, 2.45) is 0 Å². The Hall–Kier alpha value is -2.11. The van der Waals surface area contributed by atoms with E-state index in [4.69, 9.17) is 32.7 Å². The number of halogens is 2. The molecule has 0 aromatic heterocycles. The molecule has 0 aliphatic carbocycles. The third-order valence-electron chi connectivity index (χ3n) is 3.30. The molecule has 0 fully saturated rings. The number of hydrogen-bond acceptors (Lipinski definition) is 4. The Morgan fingerprint density at radius 2 is 1.88 bits per heavy atom. The Labute approximate surface area is 150 Å². The summed E-state index contributed by atoms with van der Waals surface area (Å²) < 4.78 is 10.4. The van der Waals surface area contributed by atoms with Crippen LogP contribution in [0.15, 0.2) is 36.4 Å². The normalized spacial score (nSPS) is 10.2. The second-order valence-electron chi connectivity index (χ2n) is 4.89. The molecule has 0 atom stereocenters. The van der Waals surface area contributed by atoms with Crippen molar-refractivity contribution in [2.45, 2.75) is 6.42 Å². The minimum Gasteiger partial charge on any atom is -0.497 e. The van der Waals surface area contributed by atoms with E-state index in [1.54, 1.807) is 50.6 Å². The standard InChI is InChI=1S/C17H18Cl2N2O3/c1-23-11-6-7-15(24-2)14(10-11)21-16(22)8-9-20-13-5-3-4-12(18)17(13)19/h3-7,10,20H,8-9H2,1-2H3,(H,21,22). The number of nitrogens with one attached hydrogen (secondary N) is 2. The number of anilines is 2. The zero-order valence-corrected chi connectivity index (χ0v) is 14.9. The van der Waals surface area contributed by atoms with Gasteiger partial charge >= 0.3 is 0 Å². The van der Waals surface area contributed by atoms with Crippen LogP contribution in [0.25, 0.3) is 0 Å². The highest BCUT2D eigenvalue weighted by molar-refractivity contribution is 6.43. The van der Waals surface area contributed by atoms with Crippen molar-refractivity contribution < 1.29 is 14.3 Å². The van der Waals surface area contributed by atoms with Crippen LogP contribution in [0.3, 0.4) is 0 Å². The molecule has 5 nitrogen and oxygen atoms in total. The molecule has 2 rings (SSSR count). The molecule has 128 valence electrons. The van der Waals surface area contributed by atoms with Gasteiger partial charge in [0.05, 0.1) is 35.6 Å². The molecule has 1 amide bonds. The monoisotopic (exact) mass is 368 g/mol. The van der Waals surface area contributed by atoms with Gasteiger partial charge in [-0.1, -0.05) is 29.3 Å². The average molecular weight is 369 g/mol. The molecule has 0 saturated heterocycles. The second kappa shape index (κ2) is 8.66. The lowest BCUT2D eigenvalue weighted by atomic mass is 10.2. The maximum atomic E-state index is 12.1. The van der Waals surface area contributed by atoms with Gasteiger partial charge in [0, 0.05) is 19.0 Å². The smallest absolute Gasteiger partial charge is 0.226 e. The van der Waals surface area contributed by atoms with Gasteiger partial charge in [-0.05, 0) is 24.3 Å². The minimum absolute atomic E-state index is 0.160. The third-order valence-corrected chi connectivity index (χ3v) is 4.12. The fourth-order valence-electron chi connectivity index (χ4n) is 2.08. The SMILES string of the molecule is COc1ccc(OC)c(NC(=O)CCNc2cccc(Cl)c2Cl)c1. The number of carbonyl (C=O) groups excluding carboxylic acids is 1. The maximum Gasteiger partial charge on any atom is 0.226 e. The third kappa shape index (κ3) is 4.69. The highest BCUT2D eigenvalue weighted by Crippen LogP contribution is 2.30. The molecule has 0 spiro atoms. The van der Waals surface area contributed by atoms with Gasteiger partial charge in [0.15, 0.2) is 0 Å². The maximum absolute atomic E-state index is 12.1. The summed E-state index contributed by atoms with van der Waals surface area (Å²) in [4.78, 5) is 12.1. The second-order valence-corrected chi connectivity index (χ2v) is 5.68. The van der Waals surface area contributed by atoms with Gasteiger partial charge < -0.3 is 20.1 Å². The van der Waals surface area contributed by atoms with E-state index in [0.717, 1.165) is 0 Å². The molecule has 0 unspecified atom stereocenters. The van der Waals surface area contributed by atoms with Crippen molar-refractivity contribution in [3.05, 3.63) is 46.4 Å². The first-order valence-electron chi connectivity index (χ1n) is 7.25. The molecule has 7 heteroatoms. The quantitative estimate of drug-likeness (QED) is 0.757. The van der Waals surface area contributed by atoms with Gasteiger partial charge in [0.1, 0.15) is 11.5 Å². The predicted molar refractivity (Wildman–Crippen MR) is 97.7 cm³/mol. The van der Waals surface area contributed by atoms with Crippen LogP contribution >= 0.6 is 23.2 Å². The van der Waals surface area contributed by atoms with Crippen LogP contribution in [-0.4, -0.2) is 26.7 Å². The molecule has 0 heterocycles. The van der Waals surface area contributed by atoms with E-state index in [0.29, 0.717) is 39.5 Å². The summed E-state index contributed by atoms with van der Waals surface area (Å²) in [5, 5.41) is 6.80. The Morgan fingerprint density at radius 3 is 2.58 bits per heavy atom. The van der Waals surface area contributed by atoms with Crippen LogP contribution in [0.2, 0.25) is 10.0 Å². The van der Waals surface area contributed by atoms with Gasteiger partial charge in [-0.2, -0.15) is 0 Å². The summed E-state index contributed by atoms with van der Waals surface area (Å²) in [7, 11) is 3.10. The number of ether oxygens (including phenoxy) is 2. The van der Waals surface area contributed by atoms with Gasteiger partial charge in [0.2, 0.25) is 5.91 Å². The Balaban J connectivity index is 1.93. The summed E-state index contributed by atoms with van der Waals surface area (Å²) in [5.74, 6) is 1.04. The lowest BCUT2D eigenvalue weighted by molar-refractivity contribution is -0.115. The molecule has 0 aliphatic rings. The zero-order valence-electron chi connectivity index (χ0n) is 13.4. The van der Waals surface area contributed by atoms with Crippen LogP contribution in [0.1, 0.15) is 6.42 Å². The number of amides is 1. The van der Waals surface area contributed by atoms with Gasteiger partial charge in [0.25, 0.3) is 0 Å². The molecule has 24 heavy (non-hydrogen) atoms. The van der Waals surface area contributed by atoms with E-state index >= 15 is 0 Å². The van der Waals surface area contributed by atoms with Crippen molar-refractivity contribution in [1.82, 2.24) is 0 Å². The van der Waals surface area contributed by atoms with E-state index in [-0.39, 0.29) is 12.3 Å². The average Bonchev–Trinajstić information content (AvgIpc) is 2.58. The molecule has 2 aromatic rings. The number of methoxy groups -OCH3 is 2. The fourth-order valence-corrected chi connectivity index (χ4v) is 2.44. The van der Waals surface area contributed by atoms with Gasteiger partial charge in [-0.25, -0.2) is 0 Å². The molecule has 0 aliphatic heterocycles. The lowest BCUT2D eigenvalue weighted by Crippen LogP contribution is -2.16. The minimum atomic E-state index is -0.160. The van der Waals surface area contributed by atoms with Crippen molar-refractivity contribution in [3.8, 4) is 11.5 Å². The van der Waals surface area contributed by atoms with Crippen LogP contribution in [0.5, 0.6) is 11.5 Å². The van der Waals surface area contributed by atoms with Crippen molar-refractivity contribution in [2.75, 3.05) is 31.4 Å². The molecular formula is C17H18Cl2N2O3. The first-order valence-corrected chi connectivity index (χ1v) is 8.00. The van der Waals surface area contributed by atoms with Crippen LogP contribution < -0.4 is 20.1 Å². The van der Waals surface area contributed by atoms with Crippen molar-refractivity contribution >= 4 is 40.5 Å². The number of benzene rings is 2.